The average Bonchev–Trinajstić information content (AvgIpc) is 3.12. The van der Waals surface area contributed by atoms with Crippen LogP contribution in [0.5, 0.6) is 0 Å². The zero-order valence-corrected chi connectivity index (χ0v) is 19.8. The molecule has 1 atom stereocenters. The molecule has 4 rings (SSSR count). The predicted molar refractivity (Wildman–Crippen MR) is 132 cm³/mol. The Morgan fingerprint density at radius 3 is 2.21 bits per heavy atom. The molecule has 0 fully saturated rings. The number of carboxylic acid groups (broad SMARTS) is 1. The third-order valence-corrected chi connectivity index (χ3v) is 6.21. The second-order valence-electron chi connectivity index (χ2n) is 7.68. The van der Waals surface area contributed by atoms with Crippen molar-refractivity contribution in [1.29, 1.82) is 0 Å². The van der Waals surface area contributed by atoms with E-state index in [9.17, 15) is 19.5 Å². The van der Waals surface area contributed by atoms with Crippen LogP contribution in [0.25, 0.3) is 11.1 Å². The summed E-state index contributed by atoms with van der Waals surface area (Å²) in [6.45, 7) is 1.64. The van der Waals surface area contributed by atoms with Gasteiger partial charge in [0.15, 0.2) is 0 Å². The van der Waals surface area contributed by atoms with E-state index in [1.165, 1.54) is 19.1 Å². The fourth-order valence-electron chi connectivity index (χ4n) is 3.93. The zero-order valence-electron chi connectivity index (χ0n) is 17.7. The Kier molecular flexibility index (Phi) is 6.64. The van der Waals surface area contributed by atoms with Crippen LogP contribution in [0.1, 0.15) is 34.3 Å². The number of fused-ring (bicyclic) bond motifs is 3. The minimum atomic E-state index is -1.15. The number of carboxylic acids is 1. The van der Waals surface area contributed by atoms with Gasteiger partial charge in [-0.1, -0.05) is 48.5 Å². The molecule has 0 unspecified atom stereocenters. The molecule has 0 bridgehead atoms. The molecule has 2 amide bonds. The molecule has 33 heavy (non-hydrogen) atoms. The first-order chi connectivity index (χ1) is 15.8. The van der Waals surface area contributed by atoms with Gasteiger partial charge < -0.3 is 20.5 Å². The van der Waals surface area contributed by atoms with Crippen molar-refractivity contribution in [3.63, 3.8) is 0 Å². The number of ether oxygens (including phenoxy) is 1. The molecule has 3 aromatic carbocycles. The number of hydrogen-bond acceptors (Lipinski definition) is 4. The van der Waals surface area contributed by atoms with Gasteiger partial charge in [-0.2, -0.15) is 0 Å². The molecule has 0 aromatic heterocycles. The number of benzene rings is 3. The smallest absolute Gasteiger partial charge is 0.407 e. The number of aromatic carboxylic acids is 1. The topological polar surface area (TPSA) is 105 Å². The molecule has 1 aliphatic carbocycles. The Labute approximate surface area is 204 Å². The number of alkyl carbamates (subject to hydrolysis) is 1. The Balaban J connectivity index is 1.38. The van der Waals surface area contributed by atoms with Gasteiger partial charge in [0.05, 0.1) is 11.3 Å². The van der Waals surface area contributed by atoms with Crippen LogP contribution in [-0.4, -0.2) is 35.7 Å². The van der Waals surface area contributed by atoms with Crippen molar-refractivity contribution in [2.24, 2.45) is 0 Å². The Morgan fingerprint density at radius 1 is 1.00 bits per heavy atom. The first-order valence-electron chi connectivity index (χ1n) is 10.3. The van der Waals surface area contributed by atoms with Crippen LogP contribution >= 0.6 is 22.6 Å². The lowest BCUT2D eigenvalue weighted by molar-refractivity contribution is -0.117. The summed E-state index contributed by atoms with van der Waals surface area (Å²) in [5.41, 5.74) is 4.58. The number of carbonyl (C=O) groups excluding carboxylic acids is 2. The van der Waals surface area contributed by atoms with Gasteiger partial charge >= 0.3 is 12.1 Å². The highest BCUT2D eigenvalue weighted by molar-refractivity contribution is 14.1. The molecule has 0 spiro atoms. The number of halogens is 1. The van der Waals surface area contributed by atoms with Crippen molar-refractivity contribution in [2.75, 3.05) is 11.9 Å². The van der Waals surface area contributed by atoms with Crippen LogP contribution in [0.4, 0.5) is 10.5 Å². The third kappa shape index (κ3) is 4.85. The Morgan fingerprint density at radius 2 is 1.61 bits per heavy atom. The highest BCUT2D eigenvalue weighted by Gasteiger charge is 2.29. The molecule has 168 valence electrons. The Bertz CT molecular complexity index is 1200. The molecule has 0 saturated carbocycles. The highest BCUT2D eigenvalue weighted by atomic mass is 127. The molecule has 7 nitrogen and oxygen atoms in total. The van der Waals surface area contributed by atoms with Gasteiger partial charge in [0.25, 0.3) is 0 Å². The van der Waals surface area contributed by atoms with Crippen molar-refractivity contribution < 1.29 is 24.2 Å². The number of amides is 2. The summed E-state index contributed by atoms with van der Waals surface area (Å²) in [5, 5.41) is 14.4. The van der Waals surface area contributed by atoms with Gasteiger partial charge in [0, 0.05) is 9.49 Å². The molecular weight excluding hydrogens is 535 g/mol. The van der Waals surface area contributed by atoms with E-state index in [0.29, 0.717) is 0 Å². The zero-order chi connectivity index (χ0) is 23.5. The summed E-state index contributed by atoms with van der Waals surface area (Å²) in [7, 11) is 0. The molecule has 0 aliphatic heterocycles. The lowest BCUT2D eigenvalue weighted by Gasteiger charge is -2.17. The van der Waals surface area contributed by atoms with E-state index in [1.54, 1.807) is 6.07 Å². The molecule has 8 heteroatoms. The van der Waals surface area contributed by atoms with E-state index in [-0.39, 0.29) is 23.8 Å². The summed E-state index contributed by atoms with van der Waals surface area (Å²) < 4.78 is 6.19. The normalized spacial score (nSPS) is 12.9. The Hall–Kier alpha value is -3.40. The number of hydrogen-bond donors (Lipinski definition) is 3. The van der Waals surface area contributed by atoms with Crippen molar-refractivity contribution in [1.82, 2.24) is 5.32 Å². The van der Waals surface area contributed by atoms with Crippen molar-refractivity contribution in [3.05, 3.63) is 87.0 Å². The number of nitrogens with one attached hydrogen (secondary N) is 2. The fourth-order valence-corrected chi connectivity index (χ4v) is 4.42. The van der Waals surface area contributed by atoms with Gasteiger partial charge in [-0.15, -0.1) is 0 Å². The lowest BCUT2D eigenvalue weighted by atomic mass is 9.98. The second kappa shape index (κ2) is 9.62. The summed E-state index contributed by atoms with van der Waals surface area (Å²) in [5.74, 6) is -1.79. The summed E-state index contributed by atoms with van der Waals surface area (Å²) in [4.78, 5) is 36.4. The average molecular weight is 556 g/mol. The third-order valence-electron chi connectivity index (χ3n) is 5.54. The maximum Gasteiger partial charge on any atom is 0.407 e. The molecule has 3 N–H and O–H groups in total. The molecular formula is C25H21IN2O5. The predicted octanol–water partition coefficient (Wildman–Crippen LogP) is 4.86. The van der Waals surface area contributed by atoms with Gasteiger partial charge in [-0.3, -0.25) is 4.79 Å². The minimum absolute atomic E-state index is 0.0245. The van der Waals surface area contributed by atoms with E-state index in [0.717, 1.165) is 25.8 Å². The van der Waals surface area contributed by atoms with Gasteiger partial charge in [0.1, 0.15) is 12.6 Å². The number of anilines is 1. The molecule has 0 saturated heterocycles. The summed E-state index contributed by atoms with van der Waals surface area (Å²) >= 11 is 1.99. The summed E-state index contributed by atoms with van der Waals surface area (Å²) in [6, 6.07) is 19.8. The molecule has 3 aromatic rings. The monoisotopic (exact) mass is 556 g/mol. The fraction of sp³-hybridized carbons (Fsp3) is 0.160. The maximum absolute atomic E-state index is 12.5. The van der Waals surface area contributed by atoms with Gasteiger partial charge in [-0.25, -0.2) is 9.59 Å². The highest BCUT2D eigenvalue weighted by Crippen LogP contribution is 2.44. The number of carbonyl (C=O) groups is 3. The van der Waals surface area contributed by atoms with Crippen molar-refractivity contribution in [2.45, 2.75) is 18.9 Å². The second-order valence-corrected chi connectivity index (χ2v) is 8.92. The quantitative estimate of drug-likeness (QED) is 0.377. The molecule has 0 radical (unpaired) electrons. The maximum atomic E-state index is 12.5. The SMILES string of the molecule is C[C@H](NC(=O)OCC1c2ccccc2-c2ccccc21)C(=O)Nc1ccc(I)cc1C(=O)O. The van der Waals surface area contributed by atoms with Crippen LogP contribution in [0.15, 0.2) is 66.7 Å². The van der Waals surface area contributed by atoms with Crippen LogP contribution < -0.4 is 10.6 Å². The lowest BCUT2D eigenvalue weighted by Crippen LogP contribution is -2.42. The van der Waals surface area contributed by atoms with E-state index < -0.39 is 24.0 Å². The van der Waals surface area contributed by atoms with Crippen molar-refractivity contribution in [3.8, 4) is 11.1 Å². The summed E-state index contributed by atoms with van der Waals surface area (Å²) in [6.07, 6.45) is -0.722. The number of rotatable bonds is 6. The van der Waals surface area contributed by atoms with E-state index in [1.807, 2.05) is 59.0 Å². The first-order valence-corrected chi connectivity index (χ1v) is 11.4. The minimum Gasteiger partial charge on any atom is -0.478 e. The van der Waals surface area contributed by atoms with Gasteiger partial charge in [-0.05, 0) is 70.0 Å². The largest absolute Gasteiger partial charge is 0.478 e. The van der Waals surface area contributed by atoms with Gasteiger partial charge in [0.2, 0.25) is 5.91 Å². The van der Waals surface area contributed by atoms with Crippen molar-refractivity contribution >= 4 is 46.2 Å². The van der Waals surface area contributed by atoms with Crippen LogP contribution in [-0.2, 0) is 9.53 Å². The molecule has 1 aliphatic rings. The standard InChI is InChI=1S/C25H21IN2O5/c1-14(23(29)28-22-11-10-15(26)12-20(22)24(30)31)27-25(32)33-13-21-18-8-4-2-6-16(18)17-7-3-5-9-19(17)21/h2-12,14,21H,13H2,1H3,(H,27,32)(H,28,29)(H,30,31)/t14-/m0/s1. The first kappa shape index (κ1) is 22.8. The van der Waals surface area contributed by atoms with E-state index in [4.69, 9.17) is 4.74 Å². The van der Waals surface area contributed by atoms with E-state index in [2.05, 4.69) is 22.8 Å². The van der Waals surface area contributed by atoms with Crippen LogP contribution in [0.3, 0.4) is 0 Å². The molecule has 0 heterocycles. The van der Waals surface area contributed by atoms with E-state index >= 15 is 0 Å². The van der Waals surface area contributed by atoms with Crippen LogP contribution in [0.2, 0.25) is 0 Å². The van der Waals surface area contributed by atoms with Crippen LogP contribution in [0, 0.1) is 3.57 Å².